The molecule has 1 aromatic rings. The summed E-state index contributed by atoms with van der Waals surface area (Å²) >= 11 is 6.10. The van der Waals surface area contributed by atoms with E-state index in [1.54, 1.807) is 0 Å². The van der Waals surface area contributed by atoms with Crippen LogP contribution < -0.4 is 0 Å². The zero-order valence-corrected chi connectivity index (χ0v) is 11.4. The van der Waals surface area contributed by atoms with Crippen LogP contribution in [0.4, 0.5) is 0 Å². The van der Waals surface area contributed by atoms with Crippen molar-refractivity contribution in [2.24, 2.45) is 4.99 Å². The molecule has 1 aromatic heterocycles. The first-order valence-corrected chi connectivity index (χ1v) is 6.26. The third-order valence-corrected chi connectivity index (χ3v) is 3.23. The van der Waals surface area contributed by atoms with Crippen LogP contribution in [-0.2, 0) is 0 Å². The summed E-state index contributed by atoms with van der Waals surface area (Å²) in [5.74, 6) is 0.470. The highest BCUT2D eigenvalue weighted by molar-refractivity contribution is 6.23. The topological polar surface area (TPSA) is 28.1 Å². The predicted octanol–water partition coefficient (Wildman–Crippen LogP) is 4.00. The van der Waals surface area contributed by atoms with Gasteiger partial charge in [-0.2, -0.15) is 0 Å². The second kappa shape index (κ2) is 4.53. The fraction of sp³-hybridized carbons (Fsp3) is 0.357. The summed E-state index contributed by atoms with van der Waals surface area (Å²) in [5.41, 5.74) is 7.81. The molecule has 2 rings (SSSR count). The van der Waals surface area contributed by atoms with Gasteiger partial charge in [-0.25, -0.2) is 0 Å². The second-order valence-electron chi connectivity index (χ2n) is 4.55. The average molecular weight is 249 g/mol. The first-order chi connectivity index (χ1) is 8.02. The van der Waals surface area contributed by atoms with Crippen LogP contribution in [0.3, 0.4) is 0 Å². The van der Waals surface area contributed by atoms with E-state index in [-0.39, 0.29) is 0 Å². The van der Waals surface area contributed by atoms with Crippen molar-refractivity contribution in [3.8, 4) is 0 Å². The number of hydrogen-bond donors (Lipinski definition) is 1. The summed E-state index contributed by atoms with van der Waals surface area (Å²) in [4.78, 5) is 7.94. The number of rotatable bonds is 2. The molecule has 17 heavy (non-hydrogen) atoms. The number of hydrogen-bond acceptors (Lipinski definition) is 1. The molecule has 0 radical (unpaired) electrons. The Balaban J connectivity index is 2.59. The molecular weight excluding hydrogens is 232 g/mol. The number of nitrogens with zero attached hydrogens (tertiary/aromatic N) is 1. The van der Waals surface area contributed by atoms with E-state index in [1.807, 2.05) is 6.92 Å². The van der Waals surface area contributed by atoms with E-state index in [0.717, 1.165) is 28.4 Å². The average Bonchev–Trinajstić information content (AvgIpc) is 2.73. The quantitative estimate of drug-likeness (QED) is 0.767. The Morgan fingerprint density at radius 3 is 2.41 bits per heavy atom. The largest absolute Gasteiger partial charge is 0.359 e. The molecule has 3 heteroatoms. The Kier molecular flexibility index (Phi) is 3.25. The van der Waals surface area contributed by atoms with Crippen LogP contribution in [0.25, 0.3) is 5.57 Å². The number of halogens is 1. The standard InChI is InChI=1S/C14H17ClN2/c1-8-5-10(3)16-13(8)12(7-15)14-9(2)6-11(4)17-14/h5-6,16H,7H2,1-4H3/b14-12-. The first-order valence-electron chi connectivity index (χ1n) is 5.72. The summed E-state index contributed by atoms with van der Waals surface area (Å²) in [6.45, 7) is 8.23. The SMILES string of the molecule is CC1=CC(C)=N/C1=C(/CCl)c1[nH]c(C)cc1C. The molecule has 0 amide bonds. The second-order valence-corrected chi connectivity index (χ2v) is 4.82. The Morgan fingerprint density at radius 2 is 2.00 bits per heavy atom. The summed E-state index contributed by atoms with van der Waals surface area (Å²) in [6.07, 6.45) is 2.09. The van der Waals surface area contributed by atoms with Gasteiger partial charge in [0.1, 0.15) is 0 Å². The van der Waals surface area contributed by atoms with Crippen molar-refractivity contribution in [3.05, 3.63) is 40.4 Å². The molecule has 0 fully saturated rings. The van der Waals surface area contributed by atoms with Crippen molar-refractivity contribution < 1.29 is 0 Å². The molecule has 0 saturated heterocycles. The van der Waals surface area contributed by atoms with Gasteiger partial charge in [0.15, 0.2) is 0 Å². The van der Waals surface area contributed by atoms with Crippen LogP contribution in [-0.4, -0.2) is 16.6 Å². The molecule has 0 unspecified atom stereocenters. The molecule has 2 nitrogen and oxygen atoms in total. The minimum atomic E-state index is 0.470. The molecule has 1 aliphatic heterocycles. The molecule has 1 N–H and O–H groups in total. The number of nitrogens with one attached hydrogen (secondary N) is 1. The van der Waals surface area contributed by atoms with Crippen molar-refractivity contribution in [2.75, 3.05) is 5.88 Å². The molecule has 0 aliphatic carbocycles. The van der Waals surface area contributed by atoms with Crippen LogP contribution in [0.1, 0.15) is 30.8 Å². The zero-order valence-electron chi connectivity index (χ0n) is 10.7. The lowest BCUT2D eigenvalue weighted by molar-refractivity contribution is 1.21. The van der Waals surface area contributed by atoms with E-state index in [0.29, 0.717) is 5.88 Å². The Bertz CT molecular complexity index is 545. The van der Waals surface area contributed by atoms with Crippen molar-refractivity contribution in [2.45, 2.75) is 27.7 Å². The number of allylic oxidation sites excluding steroid dienone is 3. The van der Waals surface area contributed by atoms with Gasteiger partial charge in [-0.3, -0.25) is 4.99 Å². The number of aromatic nitrogens is 1. The van der Waals surface area contributed by atoms with Gasteiger partial charge >= 0.3 is 0 Å². The summed E-state index contributed by atoms with van der Waals surface area (Å²) < 4.78 is 0. The number of aliphatic imine (C=N–C) groups is 1. The van der Waals surface area contributed by atoms with E-state index in [9.17, 15) is 0 Å². The minimum Gasteiger partial charge on any atom is -0.359 e. The Hall–Kier alpha value is -1.28. The summed E-state index contributed by atoms with van der Waals surface area (Å²) in [5, 5.41) is 0. The zero-order chi connectivity index (χ0) is 12.6. The number of H-pyrrole nitrogens is 1. The van der Waals surface area contributed by atoms with Crippen LogP contribution in [0.2, 0.25) is 0 Å². The maximum Gasteiger partial charge on any atom is 0.0727 e. The van der Waals surface area contributed by atoms with E-state index in [4.69, 9.17) is 11.6 Å². The van der Waals surface area contributed by atoms with Crippen LogP contribution >= 0.6 is 11.6 Å². The first kappa shape index (κ1) is 12.2. The number of aromatic amines is 1. The Labute approximate surface area is 107 Å². The third-order valence-electron chi connectivity index (χ3n) is 2.96. The predicted molar refractivity (Wildman–Crippen MR) is 74.8 cm³/mol. The van der Waals surface area contributed by atoms with Gasteiger partial charge < -0.3 is 4.98 Å². The molecule has 0 bridgehead atoms. The van der Waals surface area contributed by atoms with Crippen molar-refractivity contribution in [3.63, 3.8) is 0 Å². The molecule has 0 aromatic carbocycles. The van der Waals surface area contributed by atoms with Crippen LogP contribution in [0.5, 0.6) is 0 Å². The van der Waals surface area contributed by atoms with E-state index < -0.39 is 0 Å². The van der Waals surface area contributed by atoms with E-state index in [2.05, 4.69) is 42.9 Å². The third kappa shape index (κ3) is 2.22. The van der Waals surface area contributed by atoms with Crippen LogP contribution in [0, 0.1) is 13.8 Å². The van der Waals surface area contributed by atoms with Crippen molar-refractivity contribution in [1.29, 1.82) is 0 Å². The van der Waals surface area contributed by atoms with Gasteiger partial charge in [0.25, 0.3) is 0 Å². The highest BCUT2D eigenvalue weighted by Gasteiger charge is 2.17. The Morgan fingerprint density at radius 1 is 1.29 bits per heavy atom. The summed E-state index contributed by atoms with van der Waals surface area (Å²) in [7, 11) is 0. The van der Waals surface area contributed by atoms with Crippen molar-refractivity contribution in [1.82, 2.24) is 4.98 Å². The lowest BCUT2D eigenvalue weighted by Gasteiger charge is -2.07. The van der Waals surface area contributed by atoms with Gasteiger partial charge in [0.2, 0.25) is 0 Å². The molecule has 0 atom stereocenters. The highest BCUT2D eigenvalue weighted by Crippen LogP contribution is 2.30. The molecule has 0 saturated carbocycles. The monoisotopic (exact) mass is 248 g/mol. The number of aryl methyl sites for hydroxylation is 2. The lowest BCUT2D eigenvalue weighted by atomic mass is 10.1. The maximum atomic E-state index is 6.10. The highest BCUT2D eigenvalue weighted by atomic mass is 35.5. The molecule has 0 spiro atoms. The van der Waals surface area contributed by atoms with E-state index >= 15 is 0 Å². The lowest BCUT2D eigenvalue weighted by Crippen LogP contribution is -1.95. The van der Waals surface area contributed by atoms with Crippen LogP contribution in [0.15, 0.2) is 28.4 Å². The minimum absolute atomic E-state index is 0.470. The maximum absolute atomic E-state index is 6.10. The van der Waals surface area contributed by atoms with Gasteiger partial charge in [-0.1, -0.05) is 0 Å². The van der Waals surface area contributed by atoms with Gasteiger partial charge in [-0.05, 0) is 51.0 Å². The van der Waals surface area contributed by atoms with E-state index in [1.165, 1.54) is 11.1 Å². The molecule has 1 aliphatic rings. The molecular formula is C14H17ClN2. The van der Waals surface area contributed by atoms with Gasteiger partial charge in [0, 0.05) is 22.7 Å². The number of alkyl halides is 1. The van der Waals surface area contributed by atoms with Gasteiger partial charge in [0.05, 0.1) is 11.6 Å². The molecule has 2 heterocycles. The summed E-state index contributed by atoms with van der Waals surface area (Å²) in [6, 6.07) is 2.13. The fourth-order valence-electron chi connectivity index (χ4n) is 2.27. The van der Waals surface area contributed by atoms with Gasteiger partial charge in [-0.15, -0.1) is 11.6 Å². The molecule has 90 valence electrons. The fourth-order valence-corrected chi connectivity index (χ4v) is 2.53. The smallest absolute Gasteiger partial charge is 0.0727 e. The normalized spacial score (nSPS) is 18.2. The van der Waals surface area contributed by atoms with Crippen molar-refractivity contribution >= 4 is 22.9 Å².